The predicted molar refractivity (Wildman–Crippen MR) is 70.2 cm³/mol. The fraction of sp³-hybridized carbons (Fsp3) is 0.818. The second-order valence-corrected chi connectivity index (χ2v) is 6.79. The van der Waals surface area contributed by atoms with Gasteiger partial charge in [-0.25, -0.2) is 8.42 Å². The summed E-state index contributed by atoms with van der Waals surface area (Å²) in [4.78, 5) is 4.18. The zero-order chi connectivity index (χ0) is 14.5. The molecule has 19 heavy (non-hydrogen) atoms. The first kappa shape index (κ1) is 16.1. The first-order valence-electron chi connectivity index (χ1n) is 6.17. The van der Waals surface area contributed by atoms with Crippen molar-refractivity contribution in [3.63, 3.8) is 0 Å². The number of nitrogens with zero attached hydrogens (tertiary/aromatic N) is 2. The van der Waals surface area contributed by atoms with Crippen LogP contribution >= 0.6 is 0 Å². The third kappa shape index (κ3) is 5.25. The number of sulfone groups is 1. The molecule has 7 nitrogen and oxygen atoms in total. The highest BCUT2D eigenvalue weighted by molar-refractivity contribution is 7.90. The summed E-state index contributed by atoms with van der Waals surface area (Å²) in [6.45, 7) is 2.03. The monoisotopic (exact) mass is 291 g/mol. The molecule has 1 aromatic heterocycles. The van der Waals surface area contributed by atoms with Crippen molar-refractivity contribution in [2.24, 2.45) is 5.73 Å². The largest absolute Gasteiger partial charge is 0.373 e. The lowest BCUT2D eigenvalue weighted by molar-refractivity contribution is 0.0854. The Labute approximate surface area is 113 Å². The van der Waals surface area contributed by atoms with Gasteiger partial charge in [0.15, 0.2) is 0 Å². The SMILES string of the molecule is CCCC(OC)c1noc(C(N)CCS(C)(=O)=O)n1. The van der Waals surface area contributed by atoms with Gasteiger partial charge in [-0.15, -0.1) is 0 Å². The molecule has 0 radical (unpaired) electrons. The molecule has 0 spiro atoms. The third-order valence-corrected chi connectivity index (χ3v) is 3.67. The average molecular weight is 291 g/mol. The van der Waals surface area contributed by atoms with E-state index in [4.69, 9.17) is 15.0 Å². The van der Waals surface area contributed by atoms with Crippen LogP contribution in [0.4, 0.5) is 0 Å². The molecular formula is C11H21N3O4S. The van der Waals surface area contributed by atoms with Crippen LogP contribution in [0.2, 0.25) is 0 Å². The Balaban J connectivity index is 2.67. The van der Waals surface area contributed by atoms with Crippen LogP contribution in [0.5, 0.6) is 0 Å². The van der Waals surface area contributed by atoms with Crippen LogP contribution in [-0.2, 0) is 14.6 Å². The van der Waals surface area contributed by atoms with Gasteiger partial charge < -0.3 is 15.0 Å². The normalized spacial score (nSPS) is 15.4. The maximum Gasteiger partial charge on any atom is 0.243 e. The van der Waals surface area contributed by atoms with Gasteiger partial charge in [0.25, 0.3) is 0 Å². The van der Waals surface area contributed by atoms with Crippen LogP contribution in [0.1, 0.15) is 50.0 Å². The van der Waals surface area contributed by atoms with Gasteiger partial charge in [0.2, 0.25) is 11.7 Å². The molecule has 8 heteroatoms. The summed E-state index contributed by atoms with van der Waals surface area (Å²) in [7, 11) is -1.46. The third-order valence-electron chi connectivity index (χ3n) is 2.70. The molecule has 0 saturated carbocycles. The first-order valence-corrected chi connectivity index (χ1v) is 8.23. The molecule has 0 aliphatic carbocycles. The van der Waals surface area contributed by atoms with E-state index in [0.717, 1.165) is 12.8 Å². The van der Waals surface area contributed by atoms with Crippen LogP contribution in [0, 0.1) is 0 Å². The molecule has 0 aliphatic heterocycles. The van der Waals surface area contributed by atoms with Gasteiger partial charge in [0, 0.05) is 13.4 Å². The van der Waals surface area contributed by atoms with Crippen LogP contribution in [0.25, 0.3) is 0 Å². The van der Waals surface area contributed by atoms with Gasteiger partial charge in [0.05, 0.1) is 11.8 Å². The van der Waals surface area contributed by atoms with E-state index in [1.165, 1.54) is 6.26 Å². The molecule has 0 aliphatic rings. The molecule has 2 unspecified atom stereocenters. The summed E-state index contributed by atoms with van der Waals surface area (Å²) >= 11 is 0. The van der Waals surface area contributed by atoms with E-state index in [1.807, 2.05) is 6.92 Å². The molecule has 2 atom stereocenters. The minimum absolute atomic E-state index is 0.00541. The summed E-state index contributed by atoms with van der Waals surface area (Å²) in [6.07, 6.45) is 2.92. The van der Waals surface area contributed by atoms with Crippen molar-refractivity contribution in [3.8, 4) is 0 Å². The van der Waals surface area contributed by atoms with E-state index in [1.54, 1.807) is 7.11 Å². The number of hydrogen-bond acceptors (Lipinski definition) is 7. The highest BCUT2D eigenvalue weighted by atomic mass is 32.2. The van der Waals surface area contributed by atoms with Crippen LogP contribution in [0.15, 0.2) is 4.52 Å². The topological polar surface area (TPSA) is 108 Å². The minimum atomic E-state index is -3.04. The Hall–Kier alpha value is -0.990. The van der Waals surface area contributed by atoms with Gasteiger partial charge in [-0.2, -0.15) is 4.98 Å². The van der Waals surface area contributed by atoms with Crippen molar-refractivity contribution in [2.75, 3.05) is 19.1 Å². The molecule has 0 bridgehead atoms. The first-order chi connectivity index (χ1) is 8.87. The Morgan fingerprint density at radius 3 is 2.63 bits per heavy atom. The summed E-state index contributed by atoms with van der Waals surface area (Å²) in [5, 5.41) is 3.83. The smallest absolute Gasteiger partial charge is 0.243 e. The van der Waals surface area contributed by atoms with Crippen molar-refractivity contribution in [1.82, 2.24) is 10.1 Å². The summed E-state index contributed by atoms with van der Waals surface area (Å²) in [5.74, 6) is 0.695. The van der Waals surface area contributed by atoms with Crippen LogP contribution in [-0.4, -0.2) is 37.7 Å². The average Bonchev–Trinajstić information content (AvgIpc) is 2.81. The zero-order valence-corrected chi connectivity index (χ0v) is 12.3. The highest BCUT2D eigenvalue weighted by Gasteiger charge is 2.21. The fourth-order valence-corrected chi connectivity index (χ4v) is 2.29. The highest BCUT2D eigenvalue weighted by Crippen LogP contribution is 2.21. The Morgan fingerprint density at radius 2 is 2.11 bits per heavy atom. The van der Waals surface area contributed by atoms with Gasteiger partial charge >= 0.3 is 0 Å². The molecule has 0 saturated heterocycles. The number of nitrogens with two attached hydrogens (primary N) is 1. The molecule has 110 valence electrons. The molecule has 0 aromatic carbocycles. The molecule has 1 heterocycles. The molecule has 1 rings (SSSR count). The number of aromatic nitrogens is 2. The van der Waals surface area contributed by atoms with Crippen LogP contribution < -0.4 is 5.73 Å². The number of ether oxygens (including phenoxy) is 1. The fourth-order valence-electron chi connectivity index (χ4n) is 1.61. The lowest BCUT2D eigenvalue weighted by Crippen LogP contribution is -2.16. The van der Waals surface area contributed by atoms with Crippen molar-refractivity contribution in [1.29, 1.82) is 0 Å². The minimum Gasteiger partial charge on any atom is -0.373 e. The van der Waals surface area contributed by atoms with E-state index >= 15 is 0 Å². The Kier molecular flexibility index (Phi) is 5.89. The number of hydrogen-bond donors (Lipinski definition) is 1. The van der Waals surface area contributed by atoms with E-state index in [0.29, 0.717) is 5.82 Å². The van der Waals surface area contributed by atoms with Crippen molar-refractivity contribution < 1.29 is 17.7 Å². The maximum atomic E-state index is 11.1. The lowest BCUT2D eigenvalue weighted by atomic mass is 10.2. The summed E-state index contributed by atoms with van der Waals surface area (Å²) in [6, 6.07) is -0.574. The predicted octanol–water partition coefficient (Wildman–Crippen LogP) is 0.992. The molecule has 2 N–H and O–H groups in total. The summed E-state index contributed by atoms with van der Waals surface area (Å²) in [5.41, 5.74) is 5.83. The molecular weight excluding hydrogens is 270 g/mol. The van der Waals surface area contributed by atoms with Crippen molar-refractivity contribution >= 4 is 9.84 Å². The standard InChI is InChI=1S/C11H21N3O4S/c1-4-5-9(17-2)10-13-11(18-14-10)8(12)6-7-19(3,15)16/h8-9H,4-7,12H2,1-3H3. The van der Waals surface area contributed by atoms with Gasteiger partial charge in [-0.1, -0.05) is 18.5 Å². The van der Waals surface area contributed by atoms with Gasteiger partial charge in [-0.05, 0) is 12.8 Å². The van der Waals surface area contributed by atoms with E-state index in [9.17, 15) is 8.42 Å². The maximum absolute atomic E-state index is 11.1. The van der Waals surface area contributed by atoms with Gasteiger partial charge in [-0.3, -0.25) is 0 Å². The van der Waals surface area contributed by atoms with Crippen molar-refractivity contribution in [2.45, 2.75) is 38.3 Å². The second-order valence-electron chi connectivity index (χ2n) is 4.53. The number of methoxy groups -OCH3 is 1. The Bertz CT molecular complexity index is 486. The van der Waals surface area contributed by atoms with Crippen LogP contribution in [0.3, 0.4) is 0 Å². The Morgan fingerprint density at radius 1 is 1.42 bits per heavy atom. The van der Waals surface area contributed by atoms with Crippen molar-refractivity contribution in [3.05, 3.63) is 11.7 Å². The quantitative estimate of drug-likeness (QED) is 0.760. The molecule has 0 amide bonds. The van der Waals surface area contributed by atoms with E-state index in [-0.39, 0.29) is 24.2 Å². The van der Waals surface area contributed by atoms with E-state index < -0.39 is 15.9 Å². The molecule has 1 aromatic rings. The zero-order valence-electron chi connectivity index (χ0n) is 11.5. The summed E-state index contributed by atoms with van der Waals surface area (Å²) < 4.78 is 32.5. The molecule has 0 fully saturated rings. The second kappa shape index (κ2) is 6.97. The number of rotatable bonds is 8. The van der Waals surface area contributed by atoms with E-state index in [2.05, 4.69) is 10.1 Å². The lowest BCUT2D eigenvalue weighted by Gasteiger charge is -2.08. The van der Waals surface area contributed by atoms with Gasteiger partial charge in [0.1, 0.15) is 15.9 Å².